The summed E-state index contributed by atoms with van der Waals surface area (Å²) in [5.74, 6) is 0.671. The van der Waals surface area contributed by atoms with E-state index in [1.807, 2.05) is 24.5 Å². The van der Waals surface area contributed by atoms with Crippen molar-refractivity contribution >= 4 is 29.1 Å². The molecular weight excluding hydrogens is 464 g/mol. The number of aliphatic hydroxyl groups excluding tert-OH is 1. The van der Waals surface area contributed by atoms with E-state index >= 15 is 0 Å². The summed E-state index contributed by atoms with van der Waals surface area (Å²) in [6, 6.07) is 8.12. The predicted molar refractivity (Wildman–Crippen MR) is 154 cm³/mol. The van der Waals surface area contributed by atoms with E-state index in [2.05, 4.69) is 69.3 Å². The van der Waals surface area contributed by atoms with E-state index in [9.17, 15) is 5.11 Å². The molecule has 0 radical (unpaired) electrons. The number of hydrogen-bond donors (Lipinski definition) is 1. The van der Waals surface area contributed by atoms with Crippen LogP contribution in [0.3, 0.4) is 0 Å². The summed E-state index contributed by atoms with van der Waals surface area (Å²) in [5, 5.41) is 11.3. The molecular formula is C32H39ClN2O. The number of hydrogen-bond acceptors (Lipinski definition) is 3. The zero-order chi connectivity index (χ0) is 25.9. The molecule has 1 aromatic rings. The Bertz CT molecular complexity index is 1150. The molecule has 0 aromatic heterocycles. The van der Waals surface area contributed by atoms with Crippen LogP contribution in [0.25, 0.3) is 5.57 Å². The Labute approximate surface area is 221 Å². The molecule has 1 aliphatic heterocycles. The van der Waals surface area contributed by atoms with Crippen LogP contribution in [-0.4, -0.2) is 23.1 Å². The van der Waals surface area contributed by atoms with Gasteiger partial charge in [-0.3, -0.25) is 9.98 Å². The first-order valence-corrected chi connectivity index (χ1v) is 13.6. The van der Waals surface area contributed by atoms with Gasteiger partial charge in [0.2, 0.25) is 0 Å². The Balaban J connectivity index is 1.60. The van der Waals surface area contributed by atoms with Gasteiger partial charge in [0.05, 0.1) is 11.8 Å². The molecule has 3 nitrogen and oxygen atoms in total. The molecule has 1 saturated carbocycles. The number of allylic oxidation sites excluding steroid dienone is 6. The average Bonchev–Trinajstić information content (AvgIpc) is 3.56. The largest absolute Gasteiger partial charge is 0.393 e. The SMILES string of the molecule is C=C(N=C(C(=C)C1(C)CC1C/C(=C\C)c1ccc(Cl)cc1)C1CC(O)CC=C1CC)C1C=NC=CC1. The van der Waals surface area contributed by atoms with Gasteiger partial charge in [0.1, 0.15) is 0 Å². The summed E-state index contributed by atoms with van der Waals surface area (Å²) >= 11 is 6.12. The van der Waals surface area contributed by atoms with E-state index in [0.29, 0.717) is 18.8 Å². The van der Waals surface area contributed by atoms with Crippen molar-refractivity contribution in [2.75, 3.05) is 0 Å². The minimum absolute atomic E-state index is 0.0262. The van der Waals surface area contributed by atoms with E-state index in [-0.39, 0.29) is 23.4 Å². The summed E-state index contributed by atoms with van der Waals surface area (Å²) in [4.78, 5) is 9.49. The smallest absolute Gasteiger partial charge is 0.0584 e. The fourth-order valence-corrected chi connectivity index (χ4v) is 5.80. The molecule has 1 heterocycles. The van der Waals surface area contributed by atoms with Crippen molar-refractivity contribution in [3.8, 4) is 0 Å². The van der Waals surface area contributed by atoms with Crippen molar-refractivity contribution in [2.45, 2.75) is 65.4 Å². The molecule has 36 heavy (non-hydrogen) atoms. The average molecular weight is 503 g/mol. The van der Waals surface area contributed by atoms with Crippen molar-refractivity contribution in [2.24, 2.45) is 33.2 Å². The van der Waals surface area contributed by atoms with Gasteiger partial charge >= 0.3 is 0 Å². The maximum Gasteiger partial charge on any atom is 0.0584 e. The van der Waals surface area contributed by atoms with Crippen molar-refractivity contribution < 1.29 is 5.11 Å². The lowest BCUT2D eigenvalue weighted by Crippen LogP contribution is -2.30. The monoisotopic (exact) mass is 502 g/mol. The van der Waals surface area contributed by atoms with E-state index in [4.69, 9.17) is 16.6 Å². The van der Waals surface area contributed by atoms with Crippen molar-refractivity contribution in [3.05, 3.63) is 89.3 Å². The number of aliphatic hydroxyl groups is 1. The second kappa shape index (κ2) is 11.3. The highest BCUT2D eigenvalue weighted by Crippen LogP contribution is 2.61. The van der Waals surface area contributed by atoms with Crippen LogP contribution in [0, 0.1) is 23.2 Å². The quantitative estimate of drug-likeness (QED) is 0.267. The third-order valence-corrected chi connectivity index (χ3v) is 8.58. The Morgan fingerprint density at radius 3 is 2.64 bits per heavy atom. The molecule has 4 rings (SSSR count). The van der Waals surface area contributed by atoms with E-state index in [1.165, 1.54) is 16.7 Å². The van der Waals surface area contributed by atoms with Gasteiger partial charge in [0, 0.05) is 35.0 Å². The Morgan fingerprint density at radius 1 is 1.25 bits per heavy atom. The van der Waals surface area contributed by atoms with Crippen LogP contribution < -0.4 is 0 Å². The van der Waals surface area contributed by atoms with Gasteiger partial charge in [-0.2, -0.15) is 0 Å². The number of aliphatic imine (C=N–C) groups is 2. The third kappa shape index (κ3) is 5.74. The zero-order valence-electron chi connectivity index (χ0n) is 21.9. The first-order chi connectivity index (χ1) is 17.3. The first kappa shape index (κ1) is 26.6. The molecule has 1 N–H and O–H groups in total. The number of rotatable bonds is 9. The van der Waals surface area contributed by atoms with Gasteiger partial charge < -0.3 is 5.11 Å². The second-order valence-electron chi connectivity index (χ2n) is 10.6. The molecule has 1 aromatic carbocycles. The fraction of sp³-hybridized carbons (Fsp3) is 0.438. The fourth-order valence-electron chi connectivity index (χ4n) is 5.67. The Morgan fingerprint density at radius 2 is 2.00 bits per heavy atom. The van der Waals surface area contributed by atoms with Crippen molar-refractivity contribution in [1.29, 1.82) is 0 Å². The van der Waals surface area contributed by atoms with Gasteiger partial charge in [0.25, 0.3) is 0 Å². The molecule has 0 bridgehead atoms. The van der Waals surface area contributed by atoms with Crippen molar-refractivity contribution in [1.82, 2.24) is 0 Å². The van der Waals surface area contributed by atoms with E-state index < -0.39 is 0 Å². The van der Waals surface area contributed by atoms with E-state index in [1.54, 1.807) is 0 Å². The lowest BCUT2D eigenvalue weighted by atomic mass is 9.76. The van der Waals surface area contributed by atoms with Gasteiger partial charge in [-0.05, 0) is 85.6 Å². The first-order valence-electron chi connectivity index (χ1n) is 13.2. The highest BCUT2D eigenvalue weighted by Gasteiger charge is 2.53. The van der Waals surface area contributed by atoms with Gasteiger partial charge in [0.15, 0.2) is 0 Å². The molecule has 0 spiro atoms. The lowest BCUT2D eigenvalue weighted by Gasteiger charge is -2.32. The topological polar surface area (TPSA) is 45.0 Å². The third-order valence-electron chi connectivity index (χ3n) is 8.33. The van der Waals surface area contributed by atoms with Crippen molar-refractivity contribution in [3.63, 3.8) is 0 Å². The lowest BCUT2D eigenvalue weighted by molar-refractivity contribution is 0.153. The highest BCUT2D eigenvalue weighted by atomic mass is 35.5. The number of nitrogens with zero attached hydrogens (tertiary/aromatic N) is 2. The molecule has 5 atom stereocenters. The zero-order valence-corrected chi connectivity index (χ0v) is 22.6. The van der Waals surface area contributed by atoms with Gasteiger partial charge in [-0.1, -0.05) is 74.5 Å². The Kier molecular flexibility index (Phi) is 8.32. The number of benzene rings is 1. The van der Waals surface area contributed by atoms with Crippen LogP contribution in [0.1, 0.15) is 64.9 Å². The molecule has 5 unspecified atom stereocenters. The van der Waals surface area contributed by atoms with E-state index in [0.717, 1.165) is 47.7 Å². The van der Waals surface area contributed by atoms with Crippen LogP contribution in [0.2, 0.25) is 5.02 Å². The van der Waals surface area contributed by atoms with Crippen LogP contribution in [0.15, 0.2) is 88.7 Å². The molecule has 190 valence electrons. The summed E-state index contributed by atoms with van der Waals surface area (Å²) in [7, 11) is 0. The van der Waals surface area contributed by atoms with Crippen LogP contribution in [-0.2, 0) is 0 Å². The summed E-state index contributed by atoms with van der Waals surface area (Å²) < 4.78 is 0. The maximum atomic E-state index is 10.6. The second-order valence-corrected chi connectivity index (χ2v) is 11.1. The predicted octanol–water partition coefficient (Wildman–Crippen LogP) is 8.38. The normalized spacial score (nSPS) is 30.2. The molecule has 3 aliphatic rings. The summed E-state index contributed by atoms with van der Waals surface area (Å²) in [6.07, 6.45) is 15.2. The standard InChI is InChI=1S/C32H39ClN2O/c1-6-23-12-15-29(36)18-30(23)31(35-22(4)26-9-8-16-34-20-26)21(3)32(5)19-27(32)17-24(7-2)25-10-13-28(33)14-11-25/h7-8,10-14,16,20,26-27,29-30,36H,3-4,6,9,15,17-19H2,1-2,5H3/b24-7+,35-31?. The van der Waals surface area contributed by atoms with Crippen LogP contribution >= 0.6 is 11.6 Å². The van der Waals surface area contributed by atoms with Crippen LogP contribution in [0.4, 0.5) is 0 Å². The van der Waals surface area contributed by atoms with Gasteiger partial charge in [-0.15, -0.1) is 0 Å². The molecule has 2 aliphatic carbocycles. The molecule has 4 heteroatoms. The molecule has 0 saturated heterocycles. The molecule has 1 fully saturated rings. The summed E-state index contributed by atoms with van der Waals surface area (Å²) in [6.45, 7) is 15.6. The minimum Gasteiger partial charge on any atom is -0.393 e. The van der Waals surface area contributed by atoms with Crippen LogP contribution in [0.5, 0.6) is 0 Å². The highest BCUT2D eigenvalue weighted by molar-refractivity contribution is 6.30. The summed E-state index contributed by atoms with van der Waals surface area (Å²) in [5.41, 5.74) is 6.81. The van der Waals surface area contributed by atoms with Gasteiger partial charge in [-0.25, -0.2) is 0 Å². The maximum absolute atomic E-state index is 10.6. The minimum atomic E-state index is -0.349. The number of halogens is 1. The molecule has 0 amide bonds. The Hall–Kier alpha value is -2.49.